The summed E-state index contributed by atoms with van der Waals surface area (Å²) in [6.45, 7) is 1.78. The first-order valence-electron chi connectivity index (χ1n) is 12.7. The van der Waals surface area contributed by atoms with Crippen LogP contribution in [0.1, 0.15) is 24.2 Å². The van der Waals surface area contributed by atoms with Crippen molar-refractivity contribution in [3.05, 3.63) is 94.4 Å². The fourth-order valence-electron chi connectivity index (χ4n) is 4.93. The third-order valence-corrected chi connectivity index (χ3v) is 6.82. The van der Waals surface area contributed by atoms with Crippen molar-refractivity contribution in [2.75, 3.05) is 19.9 Å². The second-order valence-corrected chi connectivity index (χ2v) is 9.40. The lowest BCUT2D eigenvalue weighted by Crippen LogP contribution is -2.23. The van der Waals surface area contributed by atoms with Crippen molar-refractivity contribution in [1.82, 2.24) is 34.1 Å². The molecule has 0 bridgehead atoms. The van der Waals surface area contributed by atoms with Gasteiger partial charge in [0.15, 0.2) is 5.65 Å². The molecule has 1 unspecified atom stereocenters. The standard InChI is InChI=1S/C29H23F2N9O2/c1-15(24-22(16-5-4-6-19(30)10-16)29(41)39-13-20(31)7-8-21(39)37-24)40-27-23(26(32)35-14-36-27)25(38-40)17-9-18(11-33-2)28(42-3)34-12-17/h4-15H,1-3H3,(H2,32,35,36). The molecule has 0 saturated heterocycles. The van der Waals surface area contributed by atoms with Crippen molar-refractivity contribution >= 4 is 28.7 Å². The van der Waals surface area contributed by atoms with Crippen molar-refractivity contribution < 1.29 is 13.5 Å². The van der Waals surface area contributed by atoms with Crippen LogP contribution in [0.3, 0.4) is 0 Å². The zero-order chi connectivity index (χ0) is 29.5. The molecule has 1 atom stereocenters. The predicted octanol–water partition coefficient (Wildman–Crippen LogP) is 4.09. The summed E-state index contributed by atoms with van der Waals surface area (Å²) < 4.78 is 36.5. The van der Waals surface area contributed by atoms with Gasteiger partial charge in [0.1, 0.15) is 35.1 Å². The summed E-state index contributed by atoms with van der Waals surface area (Å²) in [5, 5.41) is 5.32. The largest absolute Gasteiger partial charge is 0.481 e. The Morgan fingerprint density at radius 2 is 1.90 bits per heavy atom. The van der Waals surface area contributed by atoms with Gasteiger partial charge in [-0.3, -0.25) is 14.2 Å². The Kier molecular flexibility index (Phi) is 6.61. The first-order valence-corrected chi connectivity index (χ1v) is 12.7. The number of rotatable bonds is 6. The summed E-state index contributed by atoms with van der Waals surface area (Å²) in [7, 11) is 3.14. The van der Waals surface area contributed by atoms with E-state index in [1.54, 1.807) is 43.2 Å². The maximum atomic E-state index is 14.3. The zero-order valence-electron chi connectivity index (χ0n) is 22.7. The van der Waals surface area contributed by atoms with Gasteiger partial charge in [-0.05, 0) is 42.8 Å². The van der Waals surface area contributed by atoms with Crippen LogP contribution >= 0.6 is 0 Å². The minimum Gasteiger partial charge on any atom is -0.481 e. The number of nitrogens with two attached hydrogens (primary N) is 1. The topological polar surface area (TPSA) is 138 Å². The highest BCUT2D eigenvalue weighted by atomic mass is 19.1. The van der Waals surface area contributed by atoms with E-state index >= 15 is 0 Å². The van der Waals surface area contributed by atoms with Crippen LogP contribution in [0.25, 0.3) is 39.1 Å². The number of aromatic nitrogens is 7. The molecule has 0 aliphatic carbocycles. The summed E-state index contributed by atoms with van der Waals surface area (Å²) in [6.07, 6.45) is 5.55. The highest BCUT2D eigenvalue weighted by molar-refractivity contribution is 5.99. The van der Waals surface area contributed by atoms with Crippen molar-refractivity contribution in [3.8, 4) is 28.3 Å². The van der Waals surface area contributed by atoms with Crippen LogP contribution in [0.4, 0.5) is 14.6 Å². The van der Waals surface area contributed by atoms with E-state index in [0.29, 0.717) is 33.7 Å². The van der Waals surface area contributed by atoms with Crippen LogP contribution in [-0.2, 0) is 0 Å². The average molecular weight is 568 g/mol. The number of anilines is 1. The highest BCUT2D eigenvalue weighted by Gasteiger charge is 2.26. The number of halogens is 2. The maximum Gasteiger partial charge on any atom is 0.266 e. The average Bonchev–Trinajstić information content (AvgIpc) is 3.38. The molecule has 0 fully saturated rings. The molecule has 5 aromatic heterocycles. The first kappa shape index (κ1) is 26.6. The number of hydrogen-bond acceptors (Lipinski definition) is 9. The minimum atomic E-state index is -0.723. The Labute approximate surface area is 237 Å². The number of hydrogen-bond donors (Lipinski definition) is 1. The molecule has 0 spiro atoms. The van der Waals surface area contributed by atoms with Gasteiger partial charge in [-0.1, -0.05) is 12.1 Å². The van der Waals surface area contributed by atoms with Gasteiger partial charge in [-0.25, -0.2) is 33.4 Å². The number of aliphatic imine (C=N–C) groups is 1. The van der Waals surface area contributed by atoms with Crippen molar-refractivity contribution in [2.24, 2.45) is 4.99 Å². The summed E-state index contributed by atoms with van der Waals surface area (Å²) in [5.41, 5.74) is 8.62. The molecule has 0 amide bonds. The molecule has 210 valence electrons. The zero-order valence-corrected chi connectivity index (χ0v) is 22.7. The molecule has 0 saturated carbocycles. The monoisotopic (exact) mass is 567 g/mol. The van der Waals surface area contributed by atoms with Gasteiger partial charge < -0.3 is 10.5 Å². The number of nitrogens with zero attached hydrogens (tertiary/aromatic N) is 8. The molecule has 13 heteroatoms. The number of benzene rings is 1. The number of methoxy groups -OCH3 is 1. The molecule has 0 aliphatic rings. The van der Waals surface area contributed by atoms with Gasteiger partial charge in [0.2, 0.25) is 5.88 Å². The molecule has 2 N–H and O–H groups in total. The highest BCUT2D eigenvalue weighted by Crippen LogP contribution is 2.35. The first-order chi connectivity index (χ1) is 20.3. The second-order valence-electron chi connectivity index (χ2n) is 9.40. The summed E-state index contributed by atoms with van der Waals surface area (Å²) in [4.78, 5) is 35.6. The van der Waals surface area contributed by atoms with E-state index in [9.17, 15) is 13.6 Å². The van der Waals surface area contributed by atoms with E-state index < -0.39 is 23.2 Å². The fraction of sp³-hybridized carbons (Fsp3) is 0.138. The SMILES string of the molecule is CN=Cc1cc(-c2nn(C(C)c3nc4ccc(F)cn4c(=O)c3-c3cccc(F)c3)c3ncnc(N)c23)cnc1OC. The van der Waals surface area contributed by atoms with E-state index in [4.69, 9.17) is 20.6 Å². The van der Waals surface area contributed by atoms with Crippen molar-refractivity contribution in [3.63, 3.8) is 0 Å². The third kappa shape index (κ3) is 4.40. The lowest BCUT2D eigenvalue weighted by Gasteiger charge is -2.18. The molecule has 6 aromatic rings. The summed E-state index contributed by atoms with van der Waals surface area (Å²) in [6, 6.07) is 9.27. The van der Waals surface area contributed by atoms with Gasteiger partial charge in [0.25, 0.3) is 5.56 Å². The molecule has 42 heavy (non-hydrogen) atoms. The number of nitrogen functional groups attached to an aromatic ring is 1. The van der Waals surface area contributed by atoms with E-state index in [2.05, 4.69) is 19.9 Å². The molecule has 6 rings (SSSR count). The van der Waals surface area contributed by atoms with Gasteiger partial charge in [-0.2, -0.15) is 5.10 Å². The van der Waals surface area contributed by atoms with Crippen molar-refractivity contribution in [2.45, 2.75) is 13.0 Å². The smallest absolute Gasteiger partial charge is 0.266 e. The van der Waals surface area contributed by atoms with Gasteiger partial charge in [-0.15, -0.1) is 0 Å². The van der Waals surface area contributed by atoms with Crippen LogP contribution in [-0.4, -0.2) is 54.5 Å². The maximum absolute atomic E-state index is 14.3. The Bertz CT molecular complexity index is 2090. The number of pyridine rings is 2. The molecule has 0 aliphatic heterocycles. The second kappa shape index (κ2) is 10.4. The van der Waals surface area contributed by atoms with E-state index in [-0.39, 0.29) is 28.3 Å². The van der Waals surface area contributed by atoms with Crippen LogP contribution in [0.15, 0.2) is 71.0 Å². The Balaban J connectivity index is 1.63. The van der Waals surface area contributed by atoms with E-state index in [0.717, 1.165) is 10.6 Å². The van der Waals surface area contributed by atoms with Crippen molar-refractivity contribution in [1.29, 1.82) is 0 Å². The van der Waals surface area contributed by atoms with Gasteiger partial charge in [0.05, 0.1) is 35.4 Å². The van der Waals surface area contributed by atoms with E-state index in [1.165, 1.54) is 43.8 Å². The lowest BCUT2D eigenvalue weighted by atomic mass is 10.0. The number of fused-ring (bicyclic) bond motifs is 2. The molecule has 0 radical (unpaired) electrons. The Hall–Kier alpha value is -5.59. The molecule has 11 nitrogen and oxygen atoms in total. The van der Waals surface area contributed by atoms with Crippen LogP contribution in [0.5, 0.6) is 5.88 Å². The Morgan fingerprint density at radius 3 is 2.67 bits per heavy atom. The normalized spacial score (nSPS) is 12.4. The fourth-order valence-corrected chi connectivity index (χ4v) is 4.93. The summed E-state index contributed by atoms with van der Waals surface area (Å²) in [5.74, 6) is -0.599. The molecular weight excluding hydrogens is 544 g/mol. The minimum absolute atomic E-state index is 0.0879. The van der Waals surface area contributed by atoms with Crippen LogP contribution < -0.4 is 16.0 Å². The van der Waals surface area contributed by atoms with E-state index in [1.807, 2.05) is 0 Å². The Morgan fingerprint density at radius 1 is 1.07 bits per heavy atom. The lowest BCUT2D eigenvalue weighted by molar-refractivity contribution is 0.397. The predicted molar refractivity (Wildman–Crippen MR) is 154 cm³/mol. The van der Waals surface area contributed by atoms with Crippen LogP contribution in [0.2, 0.25) is 0 Å². The summed E-state index contributed by atoms with van der Waals surface area (Å²) >= 11 is 0. The molecule has 1 aromatic carbocycles. The number of ether oxygens (including phenoxy) is 1. The van der Waals surface area contributed by atoms with Gasteiger partial charge in [0, 0.05) is 31.2 Å². The molecule has 5 heterocycles. The quantitative estimate of drug-likeness (QED) is 0.297. The third-order valence-electron chi connectivity index (χ3n) is 6.82. The van der Waals surface area contributed by atoms with Crippen LogP contribution in [0, 0.1) is 11.6 Å². The van der Waals surface area contributed by atoms with Gasteiger partial charge >= 0.3 is 0 Å². The molecular formula is C29H23F2N9O2.